The van der Waals surface area contributed by atoms with Crippen LogP contribution < -0.4 is 0 Å². The van der Waals surface area contributed by atoms with E-state index in [0.29, 0.717) is 10.8 Å². The highest BCUT2D eigenvalue weighted by Gasteiger charge is 2.58. The Balaban J connectivity index is 2.06. The zero-order valence-electron chi connectivity index (χ0n) is 7.21. The molecule has 2 heterocycles. The molecule has 1 aliphatic carbocycles. The summed E-state index contributed by atoms with van der Waals surface area (Å²) in [5.74, 6) is 2.66. The van der Waals surface area contributed by atoms with E-state index in [4.69, 9.17) is 4.74 Å². The lowest BCUT2D eigenvalue weighted by molar-refractivity contribution is 0.157. The molecule has 0 saturated carbocycles. The summed E-state index contributed by atoms with van der Waals surface area (Å²) in [6.07, 6.45) is 7.25. The summed E-state index contributed by atoms with van der Waals surface area (Å²) in [4.78, 5) is 0. The third-order valence-corrected chi connectivity index (χ3v) is 5.34. The van der Waals surface area contributed by atoms with Crippen molar-refractivity contribution in [2.75, 3.05) is 24.7 Å². The van der Waals surface area contributed by atoms with Gasteiger partial charge in [-0.15, -0.1) is 0 Å². The molecule has 0 N–H and O–H groups in total. The second kappa shape index (κ2) is 2.30. The minimum atomic E-state index is 0.534. The first-order valence-corrected chi connectivity index (χ1v) is 5.83. The molecule has 0 amide bonds. The van der Waals surface area contributed by atoms with Crippen LogP contribution in [0.5, 0.6) is 0 Å². The molecule has 2 atom stereocenters. The third-order valence-electron chi connectivity index (χ3n) is 3.82. The quantitative estimate of drug-likeness (QED) is 0.530. The molecule has 12 heavy (non-hydrogen) atoms. The molecule has 0 aromatic carbocycles. The zero-order chi connectivity index (χ0) is 8.07. The molecule has 2 fully saturated rings. The summed E-state index contributed by atoms with van der Waals surface area (Å²) in [6.45, 7) is 2.04. The summed E-state index contributed by atoms with van der Waals surface area (Å²) in [5, 5.41) is 0. The Labute approximate surface area is 77.6 Å². The zero-order valence-corrected chi connectivity index (χ0v) is 8.03. The number of ether oxygens (including phenoxy) is 1. The van der Waals surface area contributed by atoms with Crippen LogP contribution in [0.4, 0.5) is 0 Å². The lowest BCUT2D eigenvalue weighted by atomic mass is 9.62. The van der Waals surface area contributed by atoms with Crippen LogP contribution in [0.3, 0.4) is 0 Å². The molecule has 66 valence electrons. The number of rotatable bonds is 0. The minimum absolute atomic E-state index is 0.534. The van der Waals surface area contributed by atoms with Gasteiger partial charge in [0.2, 0.25) is 0 Å². The van der Waals surface area contributed by atoms with E-state index in [1.54, 1.807) is 0 Å². The van der Waals surface area contributed by atoms with Gasteiger partial charge in [0, 0.05) is 22.3 Å². The SMILES string of the molecule is C1=CCC23COCC2(C1)CSC3. The lowest BCUT2D eigenvalue weighted by Crippen LogP contribution is -2.40. The average molecular weight is 182 g/mol. The van der Waals surface area contributed by atoms with Crippen LogP contribution in [0.1, 0.15) is 12.8 Å². The van der Waals surface area contributed by atoms with Crippen molar-refractivity contribution in [3.8, 4) is 0 Å². The summed E-state index contributed by atoms with van der Waals surface area (Å²) in [6, 6.07) is 0. The van der Waals surface area contributed by atoms with Gasteiger partial charge in [0.15, 0.2) is 0 Å². The Morgan fingerprint density at radius 3 is 2.17 bits per heavy atom. The standard InChI is InChI=1S/C10H14OS/c1-2-4-10-6-11-5-9(10,3-1)7-12-8-10/h1-2H,3-8H2. The van der Waals surface area contributed by atoms with E-state index in [1.807, 2.05) is 0 Å². The van der Waals surface area contributed by atoms with Crippen LogP contribution in [0.25, 0.3) is 0 Å². The predicted octanol–water partition coefficient (Wildman–Crippen LogP) is 2.09. The van der Waals surface area contributed by atoms with Gasteiger partial charge in [0.25, 0.3) is 0 Å². The van der Waals surface area contributed by atoms with Gasteiger partial charge in [-0.05, 0) is 12.8 Å². The summed E-state index contributed by atoms with van der Waals surface area (Å²) in [5.41, 5.74) is 1.07. The fraction of sp³-hybridized carbons (Fsp3) is 0.800. The Bertz CT molecular complexity index is 202. The number of hydrogen-bond acceptors (Lipinski definition) is 2. The smallest absolute Gasteiger partial charge is 0.0540 e. The average Bonchev–Trinajstić information content (AvgIpc) is 2.57. The Kier molecular flexibility index (Phi) is 1.43. The summed E-state index contributed by atoms with van der Waals surface area (Å²) in [7, 11) is 0. The van der Waals surface area contributed by atoms with Gasteiger partial charge >= 0.3 is 0 Å². The van der Waals surface area contributed by atoms with E-state index in [1.165, 1.54) is 24.3 Å². The van der Waals surface area contributed by atoms with E-state index in [2.05, 4.69) is 23.9 Å². The van der Waals surface area contributed by atoms with Crippen LogP contribution in [-0.2, 0) is 4.74 Å². The van der Waals surface area contributed by atoms with Gasteiger partial charge in [-0.3, -0.25) is 0 Å². The molecular weight excluding hydrogens is 168 g/mol. The van der Waals surface area contributed by atoms with Crippen molar-refractivity contribution in [1.82, 2.24) is 0 Å². The fourth-order valence-corrected chi connectivity index (χ4v) is 4.76. The maximum atomic E-state index is 5.69. The number of hydrogen-bond donors (Lipinski definition) is 0. The highest BCUT2D eigenvalue weighted by molar-refractivity contribution is 7.99. The molecule has 2 unspecified atom stereocenters. The maximum absolute atomic E-state index is 5.69. The van der Waals surface area contributed by atoms with Crippen LogP contribution in [0.15, 0.2) is 12.2 Å². The highest BCUT2D eigenvalue weighted by Crippen LogP contribution is 2.60. The monoisotopic (exact) mass is 182 g/mol. The molecule has 0 spiro atoms. The van der Waals surface area contributed by atoms with Gasteiger partial charge in [-0.2, -0.15) is 11.8 Å². The van der Waals surface area contributed by atoms with E-state index < -0.39 is 0 Å². The molecule has 3 rings (SSSR count). The predicted molar refractivity (Wildman–Crippen MR) is 51.4 cm³/mol. The summed E-state index contributed by atoms with van der Waals surface area (Å²) < 4.78 is 5.69. The normalized spacial score (nSPS) is 50.7. The highest BCUT2D eigenvalue weighted by atomic mass is 32.2. The van der Waals surface area contributed by atoms with E-state index in [0.717, 1.165) is 13.2 Å². The Morgan fingerprint density at radius 2 is 1.58 bits per heavy atom. The van der Waals surface area contributed by atoms with E-state index in [-0.39, 0.29) is 0 Å². The van der Waals surface area contributed by atoms with Crippen LogP contribution in [0.2, 0.25) is 0 Å². The molecular formula is C10H14OS. The van der Waals surface area contributed by atoms with Gasteiger partial charge in [0.1, 0.15) is 0 Å². The topological polar surface area (TPSA) is 9.23 Å². The molecule has 0 aromatic rings. The van der Waals surface area contributed by atoms with Crippen molar-refractivity contribution in [3.05, 3.63) is 12.2 Å². The number of allylic oxidation sites excluding steroid dienone is 2. The first kappa shape index (κ1) is 7.45. The molecule has 0 aromatic heterocycles. The van der Waals surface area contributed by atoms with E-state index in [9.17, 15) is 0 Å². The van der Waals surface area contributed by atoms with Gasteiger partial charge in [-0.25, -0.2) is 0 Å². The van der Waals surface area contributed by atoms with Gasteiger partial charge in [0.05, 0.1) is 13.2 Å². The third kappa shape index (κ3) is 0.710. The van der Waals surface area contributed by atoms with Crippen molar-refractivity contribution in [2.24, 2.45) is 10.8 Å². The molecule has 2 aliphatic heterocycles. The van der Waals surface area contributed by atoms with Crippen LogP contribution in [0, 0.1) is 10.8 Å². The van der Waals surface area contributed by atoms with Gasteiger partial charge < -0.3 is 4.74 Å². The Hall–Kier alpha value is 0.0500. The fourth-order valence-electron chi connectivity index (χ4n) is 2.87. The second-order valence-corrected chi connectivity index (χ2v) is 5.41. The van der Waals surface area contributed by atoms with Gasteiger partial charge in [-0.1, -0.05) is 12.2 Å². The lowest BCUT2D eigenvalue weighted by Gasteiger charge is -2.39. The second-order valence-electron chi connectivity index (χ2n) is 4.43. The van der Waals surface area contributed by atoms with Crippen molar-refractivity contribution in [2.45, 2.75) is 12.8 Å². The minimum Gasteiger partial charge on any atom is -0.380 e. The first-order valence-electron chi connectivity index (χ1n) is 4.68. The molecule has 1 nitrogen and oxygen atoms in total. The summed E-state index contributed by atoms with van der Waals surface area (Å²) >= 11 is 2.13. The Morgan fingerprint density at radius 1 is 1.00 bits per heavy atom. The van der Waals surface area contributed by atoms with Crippen molar-refractivity contribution in [3.63, 3.8) is 0 Å². The molecule has 0 bridgehead atoms. The molecule has 3 aliphatic rings. The molecule has 2 saturated heterocycles. The van der Waals surface area contributed by atoms with Crippen LogP contribution in [-0.4, -0.2) is 24.7 Å². The molecule has 0 radical (unpaired) electrons. The van der Waals surface area contributed by atoms with Crippen LogP contribution >= 0.6 is 11.8 Å². The van der Waals surface area contributed by atoms with Crippen molar-refractivity contribution < 1.29 is 4.74 Å². The largest absolute Gasteiger partial charge is 0.380 e. The van der Waals surface area contributed by atoms with Crippen molar-refractivity contribution >= 4 is 11.8 Å². The van der Waals surface area contributed by atoms with E-state index >= 15 is 0 Å². The first-order chi connectivity index (χ1) is 5.87. The van der Waals surface area contributed by atoms with Crippen molar-refractivity contribution in [1.29, 1.82) is 0 Å². The molecule has 2 heteroatoms. The maximum Gasteiger partial charge on any atom is 0.0540 e. The number of thioether (sulfide) groups is 1.